The molecule has 1 aromatic rings. The van der Waals surface area contributed by atoms with Crippen LogP contribution in [0, 0.1) is 20.8 Å². The van der Waals surface area contributed by atoms with Crippen molar-refractivity contribution in [2.45, 2.75) is 57.7 Å². The standard InChI is InChI=1S/C14H23N3S/c1-10-11(2)16-14(17-12(10)3)18-9-7-13-6-4-5-8-15-13/h13,15H,4-9H2,1-3H3. The van der Waals surface area contributed by atoms with Crippen molar-refractivity contribution in [1.29, 1.82) is 0 Å². The minimum absolute atomic E-state index is 0.707. The van der Waals surface area contributed by atoms with Crippen LogP contribution in [0.3, 0.4) is 0 Å². The first-order valence-corrected chi connectivity index (χ1v) is 7.83. The lowest BCUT2D eigenvalue weighted by molar-refractivity contribution is 0.394. The van der Waals surface area contributed by atoms with Crippen LogP contribution in [-0.2, 0) is 0 Å². The first-order chi connectivity index (χ1) is 8.66. The van der Waals surface area contributed by atoms with Crippen LogP contribution in [0.1, 0.15) is 42.6 Å². The van der Waals surface area contributed by atoms with E-state index in [1.54, 1.807) is 11.8 Å². The van der Waals surface area contributed by atoms with Gasteiger partial charge in [-0.3, -0.25) is 0 Å². The number of piperidine rings is 1. The summed E-state index contributed by atoms with van der Waals surface area (Å²) in [4.78, 5) is 9.10. The molecule has 2 rings (SSSR count). The highest BCUT2D eigenvalue weighted by Crippen LogP contribution is 2.20. The van der Waals surface area contributed by atoms with Gasteiger partial charge in [-0.15, -0.1) is 0 Å². The number of nitrogens with zero attached hydrogens (tertiary/aromatic N) is 2. The van der Waals surface area contributed by atoms with Gasteiger partial charge in [0.25, 0.3) is 0 Å². The van der Waals surface area contributed by atoms with Crippen molar-refractivity contribution in [2.75, 3.05) is 12.3 Å². The fourth-order valence-corrected chi connectivity index (χ4v) is 3.26. The summed E-state index contributed by atoms with van der Waals surface area (Å²) in [5, 5.41) is 4.52. The van der Waals surface area contributed by atoms with Gasteiger partial charge in [-0.2, -0.15) is 0 Å². The van der Waals surface area contributed by atoms with Crippen molar-refractivity contribution >= 4 is 11.8 Å². The van der Waals surface area contributed by atoms with Crippen LogP contribution < -0.4 is 5.32 Å². The fourth-order valence-electron chi connectivity index (χ4n) is 2.27. The normalized spacial score (nSPS) is 20.1. The van der Waals surface area contributed by atoms with Crippen molar-refractivity contribution < 1.29 is 0 Å². The third kappa shape index (κ3) is 3.69. The van der Waals surface area contributed by atoms with E-state index in [9.17, 15) is 0 Å². The lowest BCUT2D eigenvalue weighted by atomic mass is 10.0. The van der Waals surface area contributed by atoms with Gasteiger partial charge < -0.3 is 5.32 Å². The maximum Gasteiger partial charge on any atom is 0.187 e. The smallest absolute Gasteiger partial charge is 0.187 e. The van der Waals surface area contributed by atoms with E-state index >= 15 is 0 Å². The molecule has 1 aromatic heterocycles. The molecule has 1 unspecified atom stereocenters. The quantitative estimate of drug-likeness (QED) is 0.671. The van der Waals surface area contributed by atoms with Crippen LogP contribution >= 0.6 is 11.8 Å². The molecule has 100 valence electrons. The molecule has 0 saturated carbocycles. The van der Waals surface area contributed by atoms with Crippen LogP contribution in [0.25, 0.3) is 0 Å². The van der Waals surface area contributed by atoms with Crippen LogP contribution in [0.2, 0.25) is 0 Å². The van der Waals surface area contributed by atoms with Gasteiger partial charge in [0.05, 0.1) is 0 Å². The molecule has 1 aliphatic heterocycles. The maximum absolute atomic E-state index is 4.55. The number of aryl methyl sites for hydroxylation is 2. The topological polar surface area (TPSA) is 37.8 Å². The zero-order valence-corrected chi connectivity index (χ0v) is 12.4. The average Bonchev–Trinajstić information content (AvgIpc) is 2.37. The van der Waals surface area contributed by atoms with Gasteiger partial charge >= 0.3 is 0 Å². The number of hydrogen-bond donors (Lipinski definition) is 1. The predicted molar refractivity (Wildman–Crippen MR) is 77.2 cm³/mol. The predicted octanol–water partition coefficient (Wildman–Crippen LogP) is 3.03. The Kier molecular flexibility index (Phi) is 5.01. The van der Waals surface area contributed by atoms with E-state index in [2.05, 4.69) is 36.1 Å². The van der Waals surface area contributed by atoms with Crippen molar-refractivity contribution in [1.82, 2.24) is 15.3 Å². The highest BCUT2D eigenvalue weighted by molar-refractivity contribution is 7.99. The van der Waals surface area contributed by atoms with Crippen molar-refractivity contribution in [3.05, 3.63) is 17.0 Å². The summed E-state index contributed by atoms with van der Waals surface area (Å²) >= 11 is 1.79. The van der Waals surface area contributed by atoms with E-state index < -0.39 is 0 Å². The fraction of sp³-hybridized carbons (Fsp3) is 0.714. The number of nitrogens with one attached hydrogen (secondary N) is 1. The molecule has 3 nitrogen and oxygen atoms in total. The van der Waals surface area contributed by atoms with Crippen molar-refractivity contribution in [3.63, 3.8) is 0 Å². The Balaban J connectivity index is 1.82. The molecular weight excluding hydrogens is 242 g/mol. The second-order valence-electron chi connectivity index (χ2n) is 5.09. The van der Waals surface area contributed by atoms with E-state index in [1.807, 2.05) is 0 Å². The Bertz CT molecular complexity index is 377. The monoisotopic (exact) mass is 265 g/mol. The zero-order chi connectivity index (χ0) is 13.0. The number of hydrogen-bond acceptors (Lipinski definition) is 4. The number of rotatable bonds is 4. The molecule has 2 heterocycles. The molecular formula is C14H23N3S. The first kappa shape index (κ1) is 13.8. The second-order valence-corrected chi connectivity index (χ2v) is 6.15. The van der Waals surface area contributed by atoms with Gasteiger partial charge in [0.2, 0.25) is 0 Å². The molecule has 18 heavy (non-hydrogen) atoms. The van der Waals surface area contributed by atoms with E-state index in [0.717, 1.165) is 22.3 Å². The molecule has 1 aliphatic rings. The van der Waals surface area contributed by atoms with Crippen LogP contribution in [0.15, 0.2) is 5.16 Å². The maximum atomic E-state index is 4.55. The molecule has 0 bridgehead atoms. The molecule has 4 heteroatoms. The molecule has 1 saturated heterocycles. The second kappa shape index (κ2) is 6.53. The summed E-state index contributed by atoms with van der Waals surface area (Å²) in [6.07, 6.45) is 5.26. The zero-order valence-electron chi connectivity index (χ0n) is 11.6. The van der Waals surface area contributed by atoms with E-state index in [-0.39, 0.29) is 0 Å². The van der Waals surface area contributed by atoms with Crippen LogP contribution in [0.5, 0.6) is 0 Å². The van der Waals surface area contributed by atoms with E-state index in [1.165, 1.54) is 37.8 Å². The SMILES string of the molecule is Cc1nc(SCCC2CCCCN2)nc(C)c1C. The van der Waals surface area contributed by atoms with Gasteiger partial charge in [0, 0.05) is 23.2 Å². The summed E-state index contributed by atoms with van der Waals surface area (Å²) in [5.74, 6) is 1.11. The molecule has 0 amide bonds. The summed E-state index contributed by atoms with van der Waals surface area (Å²) in [7, 11) is 0. The molecule has 0 aliphatic carbocycles. The highest BCUT2D eigenvalue weighted by atomic mass is 32.2. The van der Waals surface area contributed by atoms with Crippen molar-refractivity contribution in [3.8, 4) is 0 Å². The summed E-state index contributed by atoms with van der Waals surface area (Å²) in [6, 6.07) is 0.707. The first-order valence-electron chi connectivity index (χ1n) is 6.85. The minimum Gasteiger partial charge on any atom is -0.314 e. The van der Waals surface area contributed by atoms with Crippen LogP contribution in [-0.4, -0.2) is 28.3 Å². The number of thioether (sulfide) groups is 1. The Hall–Kier alpha value is -0.610. The molecule has 1 N–H and O–H groups in total. The Morgan fingerprint density at radius 3 is 2.50 bits per heavy atom. The molecule has 1 atom stereocenters. The lowest BCUT2D eigenvalue weighted by Crippen LogP contribution is -2.34. The largest absolute Gasteiger partial charge is 0.314 e. The lowest BCUT2D eigenvalue weighted by Gasteiger charge is -2.22. The third-order valence-corrected chi connectivity index (χ3v) is 4.60. The summed E-state index contributed by atoms with van der Waals surface area (Å²) in [6.45, 7) is 7.41. The Labute approximate surface area is 114 Å². The molecule has 1 fully saturated rings. The summed E-state index contributed by atoms with van der Waals surface area (Å²) in [5.41, 5.74) is 3.44. The summed E-state index contributed by atoms with van der Waals surface area (Å²) < 4.78 is 0. The van der Waals surface area contributed by atoms with Gasteiger partial charge in [0.15, 0.2) is 5.16 Å². The number of aromatic nitrogens is 2. The van der Waals surface area contributed by atoms with Crippen molar-refractivity contribution in [2.24, 2.45) is 0 Å². The molecule has 0 radical (unpaired) electrons. The van der Waals surface area contributed by atoms with Gasteiger partial charge in [-0.1, -0.05) is 18.2 Å². The third-order valence-electron chi connectivity index (χ3n) is 3.72. The van der Waals surface area contributed by atoms with Gasteiger partial charge in [-0.05, 0) is 52.1 Å². The van der Waals surface area contributed by atoms with E-state index in [0.29, 0.717) is 6.04 Å². The Morgan fingerprint density at radius 2 is 1.89 bits per heavy atom. The van der Waals surface area contributed by atoms with Gasteiger partial charge in [-0.25, -0.2) is 9.97 Å². The van der Waals surface area contributed by atoms with Gasteiger partial charge in [0.1, 0.15) is 0 Å². The highest BCUT2D eigenvalue weighted by Gasteiger charge is 2.12. The van der Waals surface area contributed by atoms with E-state index in [4.69, 9.17) is 0 Å². The molecule has 0 aromatic carbocycles. The molecule has 0 spiro atoms. The Morgan fingerprint density at radius 1 is 1.17 bits per heavy atom. The average molecular weight is 265 g/mol. The minimum atomic E-state index is 0.707. The van der Waals surface area contributed by atoms with Crippen LogP contribution in [0.4, 0.5) is 0 Å².